The van der Waals surface area contributed by atoms with Crippen LogP contribution in [0.1, 0.15) is 77.6 Å². The van der Waals surface area contributed by atoms with Crippen molar-refractivity contribution in [1.29, 1.82) is 0 Å². The Morgan fingerprint density at radius 3 is 1.72 bits per heavy atom. The minimum Gasteiger partial charge on any atom is -0.494 e. The van der Waals surface area contributed by atoms with Gasteiger partial charge in [-0.1, -0.05) is 42.7 Å². The summed E-state index contributed by atoms with van der Waals surface area (Å²) in [5.74, 6) is -0.0752. The third-order valence-electron chi connectivity index (χ3n) is 9.63. The maximum Gasteiger partial charge on any atom is 0.343 e. The van der Waals surface area contributed by atoms with Crippen LogP contribution in [0.15, 0.2) is 134 Å². The standard InChI is InChI=1S/C50H49N3O10S/c1-3-46(54)60-29-13-7-5-11-27-58-40-22-17-35(18-23-40)48(56)62-42-26-21-37-33-44(39(31-38(37)32-42)34-51-53-50-52-43-15-9-10-16-45(43)64-50)63-49(57)36-19-24-41(25-20-36)59-28-12-6-8-14-30-61-47(55)4-2/h3-4,9-10,15-26,31-34H,1-2,5-8,11-14,27-30H2,(H,52,53)/b51-34+. The number of aromatic nitrogens is 1. The van der Waals surface area contributed by atoms with Crippen molar-refractivity contribution < 1.29 is 47.6 Å². The summed E-state index contributed by atoms with van der Waals surface area (Å²) in [5, 5.41) is 6.47. The number of para-hydroxylation sites is 1. The van der Waals surface area contributed by atoms with Gasteiger partial charge in [0.15, 0.2) is 0 Å². The van der Waals surface area contributed by atoms with Gasteiger partial charge >= 0.3 is 23.9 Å². The van der Waals surface area contributed by atoms with Crippen LogP contribution in [0, 0.1) is 0 Å². The summed E-state index contributed by atoms with van der Waals surface area (Å²) in [4.78, 5) is 53.5. The van der Waals surface area contributed by atoms with E-state index in [1.54, 1.807) is 85.1 Å². The molecule has 0 unspecified atom stereocenters. The van der Waals surface area contributed by atoms with Crippen molar-refractivity contribution in [3.8, 4) is 23.0 Å². The monoisotopic (exact) mass is 883 g/mol. The Morgan fingerprint density at radius 2 is 1.14 bits per heavy atom. The number of esters is 4. The van der Waals surface area contributed by atoms with E-state index < -0.39 is 23.9 Å². The lowest BCUT2D eigenvalue weighted by Crippen LogP contribution is -2.10. The number of nitrogens with one attached hydrogen (secondary N) is 1. The second-order valence-corrected chi connectivity index (χ2v) is 15.4. The number of rotatable bonds is 25. The molecular formula is C50H49N3O10S. The van der Waals surface area contributed by atoms with Gasteiger partial charge in [-0.2, -0.15) is 5.10 Å². The van der Waals surface area contributed by atoms with E-state index in [0.29, 0.717) is 70.9 Å². The molecule has 0 aliphatic rings. The lowest BCUT2D eigenvalue weighted by Gasteiger charge is -2.12. The normalized spacial score (nSPS) is 10.9. The fourth-order valence-corrected chi connectivity index (χ4v) is 7.08. The van der Waals surface area contributed by atoms with E-state index >= 15 is 0 Å². The molecule has 1 N–H and O–H groups in total. The van der Waals surface area contributed by atoms with Crippen LogP contribution < -0.4 is 24.4 Å². The van der Waals surface area contributed by atoms with E-state index in [0.717, 1.165) is 79.1 Å². The van der Waals surface area contributed by atoms with E-state index in [4.69, 9.17) is 28.4 Å². The SMILES string of the molecule is C=CC(=O)OCCCCCCOc1ccc(C(=O)Oc2ccc3cc(OC(=O)c4ccc(OCCCCCCOC(=O)C=C)cc4)c(/C=N/Nc4nc5ccccc5s4)cc3c2)cc1. The number of hydrogen-bond donors (Lipinski definition) is 1. The number of nitrogens with zero attached hydrogens (tertiary/aromatic N) is 2. The van der Waals surface area contributed by atoms with Crippen LogP contribution in [0.4, 0.5) is 5.13 Å². The van der Waals surface area contributed by atoms with Gasteiger partial charge in [0.25, 0.3) is 0 Å². The van der Waals surface area contributed by atoms with Crippen LogP contribution in [-0.4, -0.2) is 61.5 Å². The molecule has 13 nitrogen and oxygen atoms in total. The number of thiazole rings is 1. The average Bonchev–Trinajstić information content (AvgIpc) is 3.74. The van der Waals surface area contributed by atoms with Crippen LogP contribution in [0.5, 0.6) is 23.0 Å². The highest BCUT2D eigenvalue weighted by Crippen LogP contribution is 2.30. The van der Waals surface area contributed by atoms with Gasteiger partial charge < -0.3 is 28.4 Å². The van der Waals surface area contributed by atoms with Crippen LogP contribution in [0.3, 0.4) is 0 Å². The maximum absolute atomic E-state index is 13.5. The summed E-state index contributed by atoms with van der Waals surface area (Å²) in [7, 11) is 0. The summed E-state index contributed by atoms with van der Waals surface area (Å²) in [6, 6.07) is 30.0. The maximum atomic E-state index is 13.5. The van der Waals surface area contributed by atoms with Gasteiger partial charge in [0.2, 0.25) is 5.13 Å². The molecule has 0 bridgehead atoms. The van der Waals surface area contributed by atoms with Crippen LogP contribution in [0.2, 0.25) is 0 Å². The highest BCUT2D eigenvalue weighted by molar-refractivity contribution is 7.22. The van der Waals surface area contributed by atoms with Crippen molar-refractivity contribution in [1.82, 2.24) is 4.98 Å². The largest absolute Gasteiger partial charge is 0.494 e. The van der Waals surface area contributed by atoms with Gasteiger partial charge in [-0.15, -0.1) is 0 Å². The lowest BCUT2D eigenvalue weighted by molar-refractivity contribution is -0.138. The third-order valence-corrected chi connectivity index (χ3v) is 10.6. The van der Waals surface area contributed by atoms with E-state index in [-0.39, 0.29) is 5.75 Å². The summed E-state index contributed by atoms with van der Waals surface area (Å²) in [5.41, 5.74) is 5.00. The van der Waals surface area contributed by atoms with Gasteiger partial charge in [0, 0.05) is 17.7 Å². The third kappa shape index (κ3) is 14.4. The molecule has 0 amide bonds. The molecule has 1 heterocycles. The number of hydrogen-bond acceptors (Lipinski definition) is 14. The molecule has 0 fully saturated rings. The summed E-state index contributed by atoms with van der Waals surface area (Å²) in [6.45, 7) is 8.54. The number of unbranched alkanes of at least 4 members (excludes halogenated alkanes) is 6. The first-order valence-corrected chi connectivity index (χ1v) is 21.8. The molecule has 6 rings (SSSR count). The fraction of sp³-hybridized carbons (Fsp3) is 0.240. The summed E-state index contributed by atoms with van der Waals surface area (Å²) in [6.07, 6.45) is 10.7. The Kier molecular flexibility index (Phi) is 17.6. The zero-order chi connectivity index (χ0) is 44.9. The zero-order valence-electron chi connectivity index (χ0n) is 35.3. The molecule has 0 aliphatic heterocycles. The molecule has 64 heavy (non-hydrogen) atoms. The minimum absolute atomic E-state index is 0.269. The van der Waals surface area contributed by atoms with Crippen LogP contribution in [0.25, 0.3) is 21.0 Å². The van der Waals surface area contributed by atoms with Crippen LogP contribution >= 0.6 is 11.3 Å². The number of benzene rings is 5. The molecule has 5 aromatic carbocycles. The first kappa shape index (κ1) is 46.2. The molecule has 14 heteroatoms. The quantitative estimate of drug-likeness (QED) is 0.0145. The van der Waals surface area contributed by atoms with E-state index in [1.807, 2.05) is 24.3 Å². The predicted octanol–water partition coefficient (Wildman–Crippen LogP) is 10.7. The van der Waals surface area contributed by atoms with Gasteiger partial charge in [0.05, 0.1) is 54.0 Å². The van der Waals surface area contributed by atoms with Crippen molar-refractivity contribution in [2.75, 3.05) is 31.9 Å². The van der Waals surface area contributed by atoms with Crippen molar-refractivity contribution in [3.05, 3.63) is 145 Å². The Balaban J connectivity index is 1.06. The number of anilines is 1. The topological polar surface area (TPSA) is 161 Å². The Bertz CT molecular complexity index is 2540. The molecular weight excluding hydrogens is 835 g/mol. The van der Waals surface area contributed by atoms with Gasteiger partial charge in [-0.25, -0.2) is 24.2 Å². The lowest BCUT2D eigenvalue weighted by atomic mass is 10.1. The van der Waals surface area contributed by atoms with Gasteiger partial charge in [0.1, 0.15) is 23.0 Å². The summed E-state index contributed by atoms with van der Waals surface area (Å²) < 4.78 is 34.4. The van der Waals surface area contributed by atoms with Crippen LogP contribution in [-0.2, 0) is 19.1 Å². The number of ether oxygens (including phenoxy) is 6. The van der Waals surface area contributed by atoms with E-state index in [2.05, 4.69) is 28.7 Å². The molecule has 0 radical (unpaired) electrons. The van der Waals surface area contributed by atoms with Gasteiger partial charge in [-0.3, -0.25) is 5.43 Å². The Labute approximate surface area is 375 Å². The van der Waals surface area contributed by atoms with Crippen molar-refractivity contribution in [2.45, 2.75) is 51.4 Å². The Morgan fingerprint density at radius 1 is 0.594 bits per heavy atom. The molecule has 0 atom stereocenters. The summed E-state index contributed by atoms with van der Waals surface area (Å²) >= 11 is 1.46. The van der Waals surface area contributed by atoms with Gasteiger partial charge in [-0.05, 0) is 147 Å². The molecule has 0 aliphatic carbocycles. The van der Waals surface area contributed by atoms with E-state index in [9.17, 15) is 19.2 Å². The fourth-order valence-electron chi connectivity index (χ4n) is 6.26. The molecule has 0 saturated heterocycles. The molecule has 6 aromatic rings. The second kappa shape index (κ2) is 24.4. The number of hydrazone groups is 1. The second-order valence-electron chi connectivity index (χ2n) is 14.4. The first-order chi connectivity index (χ1) is 31.3. The first-order valence-electron chi connectivity index (χ1n) is 21.0. The number of carbonyl (C=O) groups excluding carboxylic acids is 4. The smallest absolute Gasteiger partial charge is 0.343 e. The highest BCUT2D eigenvalue weighted by Gasteiger charge is 2.15. The molecule has 0 spiro atoms. The molecule has 330 valence electrons. The Hall–Kier alpha value is -7.32. The van der Waals surface area contributed by atoms with Crippen molar-refractivity contribution >= 4 is 67.5 Å². The molecule has 0 saturated carbocycles. The number of carbonyl (C=O) groups is 4. The van der Waals surface area contributed by atoms with Crippen molar-refractivity contribution in [2.24, 2.45) is 5.10 Å². The average molecular weight is 884 g/mol. The van der Waals surface area contributed by atoms with E-state index in [1.165, 1.54) is 11.3 Å². The minimum atomic E-state index is -0.570. The highest BCUT2D eigenvalue weighted by atomic mass is 32.1. The van der Waals surface area contributed by atoms with Crippen molar-refractivity contribution in [3.63, 3.8) is 0 Å². The zero-order valence-corrected chi connectivity index (χ0v) is 36.1. The molecule has 1 aromatic heterocycles. The predicted molar refractivity (Wildman–Crippen MR) is 248 cm³/mol. The number of fused-ring (bicyclic) bond motifs is 2.